The maximum atomic E-state index is 10.9. The number of aliphatic hydroxyl groups is 1. The van der Waals surface area contributed by atoms with Gasteiger partial charge in [0, 0.05) is 91.4 Å². The van der Waals surface area contributed by atoms with Gasteiger partial charge in [-0.25, -0.2) is 9.59 Å². The number of carboxylic acid groups (broad SMARTS) is 7. The summed E-state index contributed by atoms with van der Waals surface area (Å²) >= 11 is 0. The maximum absolute atomic E-state index is 10.9. The molecule has 0 heterocycles. The Morgan fingerprint density at radius 1 is 0.577 bits per heavy atom. The van der Waals surface area contributed by atoms with Gasteiger partial charge in [-0.15, -0.1) is 0 Å². The van der Waals surface area contributed by atoms with Crippen molar-refractivity contribution >= 4 is 53.7 Å². The molecule has 0 aromatic rings. The number of hydrogen-bond donors (Lipinski definition) is 8. The van der Waals surface area contributed by atoms with E-state index >= 15 is 0 Å². The summed E-state index contributed by atoms with van der Waals surface area (Å²) in [5, 5.41) is 66.8. The van der Waals surface area contributed by atoms with E-state index in [1.165, 1.54) is 41.5 Å². The van der Waals surface area contributed by atoms with Crippen molar-refractivity contribution in [2.24, 2.45) is 23.7 Å². The minimum atomic E-state index is -1.26. The third-order valence-electron chi connectivity index (χ3n) is 4.79. The van der Waals surface area contributed by atoms with Gasteiger partial charge in [-0.3, -0.25) is 33.6 Å². The zero-order valence-electron chi connectivity index (χ0n) is 29.0. The normalized spacial score (nSPS) is 12.0. The third kappa shape index (κ3) is 58.7. The molecule has 8 N–H and O–H groups in total. The van der Waals surface area contributed by atoms with E-state index < -0.39 is 83.6 Å². The summed E-state index contributed by atoms with van der Waals surface area (Å²) in [6.45, 7) is 12.4. The average Bonchev–Trinajstić information content (AvgIpc) is 2.88. The van der Waals surface area contributed by atoms with Crippen LogP contribution < -0.4 is 0 Å². The quantitative estimate of drug-likeness (QED) is 0.0537. The van der Waals surface area contributed by atoms with Crippen molar-refractivity contribution in [2.75, 3.05) is 0 Å². The van der Waals surface area contributed by atoms with Gasteiger partial charge in [-0.05, 0) is 26.7 Å². The van der Waals surface area contributed by atoms with Gasteiger partial charge in [0.2, 0.25) is 0 Å². The monoisotopic (exact) mass is 908 g/mol. The van der Waals surface area contributed by atoms with Crippen molar-refractivity contribution in [3.05, 3.63) is 25.0 Å². The van der Waals surface area contributed by atoms with Gasteiger partial charge in [-0.1, -0.05) is 35.3 Å². The predicted octanol–water partition coefficient (Wildman–Crippen LogP) is 2.69. The van der Waals surface area contributed by atoms with Crippen molar-refractivity contribution in [3.63, 3.8) is 0 Å². The first-order valence-electron chi connectivity index (χ1n) is 13.1. The molecular formula is C30H52O19Zn3. The zero-order chi connectivity index (χ0) is 38.6. The fourth-order valence-electron chi connectivity index (χ4n) is 2.70. The van der Waals surface area contributed by atoms with Crippen molar-refractivity contribution in [1.82, 2.24) is 0 Å². The molecule has 0 radical (unpaired) electrons. The van der Waals surface area contributed by atoms with E-state index in [2.05, 4.69) is 11.3 Å². The molecule has 0 aliphatic rings. The van der Waals surface area contributed by atoms with Crippen LogP contribution in [0.3, 0.4) is 0 Å². The van der Waals surface area contributed by atoms with Gasteiger partial charge >= 0.3 is 47.8 Å². The summed E-state index contributed by atoms with van der Waals surface area (Å²) in [7, 11) is 0. The Balaban J connectivity index is -0.0000000554. The standard InChI is InChI=1S/C10H16O6.C8H14O5.C4H4O4.C4H6O2.C2H4O2.2CH4.3Zn/c1-5(16-7(3)11)4-8(10(14)15)6(2)9(12)13;1-4(9)3-6(8(12)13)5(2)7(10)11;5-3(6)1-2-4(7)8;1-3-6-4(2)5;1-2(3)4;;;;;/h5-6,8H,4H2,1-3H3,(H,12,13)(H,14,15);4-6,9H,3H2,1-2H3,(H,10,11)(H,12,13);1-2H,(H,5,6)(H,7,8);3H,1H2,2H3;1H3,(H,3,4);2*1H4;;;. The molecule has 22 heteroatoms. The summed E-state index contributed by atoms with van der Waals surface area (Å²) in [5.74, 6) is -13.0. The molecule has 0 fully saturated rings. The fourth-order valence-corrected chi connectivity index (χ4v) is 2.70. The fraction of sp³-hybridized carbons (Fsp3) is 0.567. The summed E-state index contributed by atoms with van der Waals surface area (Å²) in [4.78, 5) is 91.1. The smallest absolute Gasteiger partial charge is 0.328 e. The second kappa shape index (κ2) is 43.7. The number of carbonyl (C=O) groups excluding carboxylic acids is 2. The molecule has 0 saturated heterocycles. The Morgan fingerprint density at radius 3 is 1.02 bits per heavy atom. The molecule has 0 aliphatic heterocycles. The van der Waals surface area contributed by atoms with Crippen LogP contribution in [0.5, 0.6) is 0 Å². The summed E-state index contributed by atoms with van der Waals surface area (Å²) < 4.78 is 8.93. The van der Waals surface area contributed by atoms with Gasteiger partial charge in [0.25, 0.3) is 5.97 Å². The Kier molecular flexibility index (Phi) is 62.1. The molecule has 292 valence electrons. The Hall–Kier alpha value is -3.46. The number of carbonyl (C=O) groups is 9. The van der Waals surface area contributed by atoms with Crippen LogP contribution in [0.15, 0.2) is 25.0 Å². The van der Waals surface area contributed by atoms with E-state index in [-0.39, 0.29) is 92.1 Å². The Labute approximate surface area is 341 Å². The van der Waals surface area contributed by atoms with Crippen molar-refractivity contribution in [1.29, 1.82) is 0 Å². The number of esters is 2. The molecule has 6 unspecified atom stereocenters. The van der Waals surface area contributed by atoms with Crippen LogP contribution in [0.2, 0.25) is 0 Å². The number of carboxylic acids is 7. The summed E-state index contributed by atoms with van der Waals surface area (Å²) in [6.07, 6.45) is 0.751. The van der Waals surface area contributed by atoms with Crippen molar-refractivity contribution < 1.29 is 152 Å². The molecule has 0 spiro atoms. The first-order chi connectivity index (χ1) is 21.2. The Bertz CT molecular complexity index is 1070. The van der Waals surface area contributed by atoms with Gasteiger partial charge < -0.3 is 50.3 Å². The third-order valence-corrected chi connectivity index (χ3v) is 4.79. The molecule has 0 aromatic carbocycles. The van der Waals surface area contributed by atoms with Gasteiger partial charge in [0.15, 0.2) is 0 Å². The van der Waals surface area contributed by atoms with Crippen LogP contribution in [-0.2, 0) is 111 Å². The van der Waals surface area contributed by atoms with Crippen LogP contribution >= 0.6 is 0 Å². The van der Waals surface area contributed by atoms with E-state index in [0.29, 0.717) is 12.2 Å². The average molecular weight is 913 g/mol. The second-order valence-corrected chi connectivity index (χ2v) is 9.19. The summed E-state index contributed by atoms with van der Waals surface area (Å²) in [5.41, 5.74) is 0. The van der Waals surface area contributed by atoms with E-state index in [9.17, 15) is 38.4 Å². The van der Waals surface area contributed by atoms with Crippen LogP contribution in [0, 0.1) is 23.7 Å². The van der Waals surface area contributed by atoms with Gasteiger partial charge in [-0.2, -0.15) is 0 Å². The molecule has 0 rings (SSSR count). The molecule has 52 heavy (non-hydrogen) atoms. The first kappa shape index (κ1) is 73.9. The van der Waals surface area contributed by atoms with Gasteiger partial charge in [0.05, 0.1) is 42.1 Å². The SMILES string of the molecule is C.C.C=COC(C)=O.CC(=O)O.CC(=O)OC(C)CC(C(=O)O)C(C)C(=O)O.CC(O)CC(C(=O)O)C(C)C(=O)O.O=C(O)C=CC(=O)O.[Zn].[Zn].[Zn]. The zero-order valence-corrected chi connectivity index (χ0v) is 37.9. The maximum Gasteiger partial charge on any atom is 0.328 e. The topological polar surface area (TPSA) is 334 Å². The van der Waals surface area contributed by atoms with Crippen LogP contribution in [-0.4, -0.2) is 107 Å². The van der Waals surface area contributed by atoms with Crippen molar-refractivity contribution in [3.8, 4) is 0 Å². The number of rotatable bonds is 14. The molecule has 6 atom stereocenters. The molecule has 0 aliphatic carbocycles. The number of ether oxygens (including phenoxy) is 2. The number of hydrogen-bond acceptors (Lipinski definition) is 12. The molecule has 0 saturated carbocycles. The molecule has 19 nitrogen and oxygen atoms in total. The number of aliphatic hydroxyl groups excluding tert-OH is 1. The Morgan fingerprint density at radius 2 is 0.865 bits per heavy atom. The van der Waals surface area contributed by atoms with E-state index in [0.717, 1.165) is 13.2 Å². The largest absolute Gasteiger partial charge is 0.481 e. The molecular weight excluding hydrogens is 860 g/mol. The molecule has 0 aromatic heterocycles. The second-order valence-electron chi connectivity index (χ2n) is 9.19. The molecule has 0 bridgehead atoms. The van der Waals surface area contributed by atoms with Crippen LogP contribution in [0.1, 0.15) is 76.2 Å². The minimum Gasteiger partial charge on any atom is -0.481 e. The van der Waals surface area contributed by atoms with E-state index in [1.807, 2.05) is 0 Å². The first-order valence-corrected chi connectivity index (χ1v) is 13.1. The molecule has 0 amide bonds. The predicted molar refractivity (Wildman–Crippen MR) is 171 cm³/mol. The van der Waals surface area contributed by atoms with Crippen molar-refractivity contribution in [2.45, 2.75) is 88.4 Å². The van der Waals surface area contributed by atoms with Gasteiger partial charge in [0.1, 0.15) is 0 Å². The summed E-state index contributed by atoms with van der Waals surface area (Å²) in [6, 6.07) is 0. The van der Waals surface area contributed by atoms with E-state index in [1.54, 1.807) is 0 Å². The van der Waals surface area contributed by atoms with Crippen LogP contribution in [0.25, 0.3) is 0 Å². The number of aliphatic carboxylic acids is 7. The van der Waals surface area contributed by atoms with Crippen LogP contribution in [0.4, 0.5) is 0 Å². The minimum absolute atomic E-state index is 0. The van der Waals surface area contributed by atoms with E-state index in [4.69, 9.17) is 50.4 Å².